The van der Waals surface area contributed by atoms with E-state index in [1.54, 1.807) is 59.8 Å². The molecule has 126 valence electrons. The first-order valence-electron chi connectivity index (χ1n) is 8.17. The van der Waals surface area contributed by atoms with Gasteiger partial charge in [-0.2, -0.15) is 5.26 Å². The number of nitriles is 1. The van der Waals surface area contributed by atoms with Crippen molar-refractivity contribution in [1.29, 1.82) is 5.26 Å². The van der Waals surface area contributed by atoms with Crippen LogP contribution < -0.4 is 0 Å². The Morgan fingerprint density at radius 3 is 2.35 bits per heavy atom. The fourth-order valence-electron chi connectivity index (χ4n) is 3.44. The molecule has 2 heterocycles. The molecular formula is C21H14FN3O. The van der Waals surface area contributed by atoms with E-state index in [-0.39, 0.29) is 11.7 Å². The first-order chi connectivity index (χ1) is 12.7. The van der Waals surface area contributed by atoms with E-state index in [0.717, 1.165) is 11.1 Å². The maximum absolute atomic E-state index is 13.4. The molecule has 5 heteroatoms. The van der Waals surface area contributed by atoms with Gasteiger partial charge in [-0.15, -0.1) is 0 Å². The zero-order chi connectivity index (χ0) is 18.1. The minimum Gasteiger partial charge on any atom is -0.307 e. The van der Waals surface area contributed by atoms with E-state index >= 15 is 0 Å². The van der Waals surface area contributed by atoms with Crippen molar-refractivity contribution in [3.8, 4) is 6.07 Å². The Labute approximate surface area is 150 Å². The van der Waals surface area contributed by atoms with Crippen molar-refractivity contribution < 1.29 is 9.18 Å². The largest absolute Gasteiger partial charge is 0.307 e. The van der Waals surface area contributed by atoms with Crippen LogP contribution in [0.25, 0.3) is 0 Å². The summed E-state index contributed by atoms with van der Waals surface area (Å²) in [6.07, 6.45) is 3.28. The molecule has 0 bridgehead atoms. The van der Waals surface area contributed by atoms with Gasteiger partial charge in [-0.25, -0.2) is 4.39 Å². The van der Waals surface area contributed by atoms with Crippen LogP contribution in [0.5, 0.6) is 0 Å². The number of nitrogens with zero attached hydrogens (tertiary/aromatic N) is 3. The molecule has 2 unspecified atom stereocenters. The van der Waals surface area contributed by atoms with Crippen molar-refractivity contribution in [3.05, 3.63) is 101 Å². The predicted molar refractivity (Wildman–Crippen MR) is 93.4 cm³/mol. The Morgan fingerprint density at radius 2 is 1.65 bits per heavy atom. The number of carbonyl (C=O) groups is 1. The highest BCUT2D eigenvalue weighted by atomic mass is 19.1. The molecule has 3 aromatic rings. The Morgan fingerprint density at radius 1 is 1.00 bits per heavy atom. The number of pyridine rings is 1. The fraction of sp³-hybridized carbons (Fsp3) is 0.0952. The molecule has 0 N–H and O–H groups in total. The third-order valence-electron chi connectivity index (χ3n) is 4.61. The lowest BCUT2D eigenvalue weighted by Crippen LogP contribution is -2.32. The number of hydrogen-bond acceptors (Lipinski definition) is 3. The van der Waals surface area contributed by atoms with Gasteiger partial charge in [0.25, 0.3) is 5.91 Å². The third-order valence-corrected chi connectivity index (χ3v) is 4.61. The molecule has 0 saturated heterocycles. The third kappa shape index (κ3) is 2.52. The van der Waals surface area contributed by atoms with E-state index < -0.39 is 12.1 Å². The number of halogens is 1. The molecule has 0 fully saturated rings. The lowest BCUT2D eigenvalue weighted by atomic mass is 9.96. The number of rotatable bonds is 3. The molecule has 1 aliphatic heterocycles. The summed E-state index contributed by atoms with van der Waals surface area (Å²) in [6.45, 7) is 0. The van der Waals surface area contributed by atoms with Crippen LogP contribution in [0.4, 0.5) is 4.39 Å². The highest BCUT2D eigenvalue weighted by molar-refractivity contribution is 6.00. The molecule has 1 aromatic heterocycles. The average Bonchev–Trinajstić information content (AvgIpc) is 2.97. The molecule has 1 amide bonds. The molecule has 1 aliphatic rings. The predicted octanol–water partition coefficient (Wildman–Crippen LogP) is 4.03. The van der Waals surface area contributed by atoms with E-state index in [9.17, 15) is 14.4 Å². The zero-order valence-electron chi connectivity index (χ0n) is 13.7. The van der Waals surface area contributed by atoms with Gasteiger partial charge in [0.2, 0.25) is 0 Å². The van der Waals surface area contributed by atoms with Crippen LogP contribution in [0.3, 0.4) is 0 Å². The number of hydrogen-bond donors (Lipinski definition) is 0. The molecule has 4 rings (SSSR count). The molecule has 0 saturated carbocycles. The lowest BCUT2D eigenvalue weighted by Gasteiger charge is -2.31. The van der Waals surface area contributed by atoms with Gasteiger partial charge in [-0.05, 0) is 41.5 Å². The van der Waals surface area contributed by atoms with Crippen molar-refractivity contribution in [1.82, 2.24) is 9.88 Å². The van der Waals surface area contributed by atoms with Crippen LogP contribution in [-0.2, 0) is 0 Å². The van der Waals surface area contributed by atoms with Crippen molar-refractivity contribution in [3.63, 3.8) is 0 Å². The minimum atomic E-state index is -0.707. The molecule has 0 radical (unpaired) electrons. The minimum absolute atomic E-state index is 0.210. The second-order valence-electron chi connectivity index (χ2n) is 6.07. The van der Waals surface area contributed by atoms with Crippen molar-refractivity contribution >= 4 is 5.91 Å². The van der Waals surface area contributed by atoms with Gasteiger partial charge in [0, 0.05) is 23.5 Å². The summed E-state index contributed by atoms with van der Waals surface area (Å²) in [7, 11) is 0. The second-order valence-corrected chi connectivity index (χ2v) is 6.07. The number of aromatic nitrogens is 1. The second kappa shape index (κ2) is 6.41. The first-order valence-corrected chi connectivity index (χ1v) is 8.17. The number of carbonyl (C=O) groups excluding carboxylic acids is 1. The van der Waals surface area contributed by atoms with Gasteiger partial charge in [0.05, 0.1) is 12.1 Å². The van der Waals surface area contributed by atoms with Crippen LogP contribution in [0, 0.1) is 17.1 Å². The summed E-state index contributed by atoms with van der Waals surface area (Å²) in [6, 6.07) is 17.8. The van der Waals surface area contributed by atoms with Gasteiger partial charge >= 0.3 is 0 Å². The number of fused-ring (bicyclic) bond motifs is 1. The normalized spacial score (nSPS) is 16.8. The van der Waals surface area contributed by atoms with Gasteiger partial charge in [-0.1, -0.05) is 30.3 Å². The molecule has 26 heavy (non-hydrogen) atoms. The van der Waals surface area contributed by atoms with Crippen molar-refractivity contribution in [2.45, 2.75) is 12.1 Å². The molecule has 0 spiro atoms. The topological polar surface area (TPSA) is 57.0 Å². The van der Waals surface area contributed by atoms with Crippen LogP contribution in [0.2, 0.25) is 0 Å². The zero-order valence-corrected chi connectivity index (χ0v) is 13.7. The van der Waals surface area contributed by atoms with E-state index in [4.69, 9.17) is 0 Å². The van der Waals surface area contributed by atoms with Crippen LogP contribution >= 0.6 is 0 Å². The van der Waals surface area contributed by atoms with Crippen molar-refractivity contribution in [2.75, 3.05) is 0 Å². The Bertz CT molecular complexity index is 996. The summed E-state index contributed by atoms with van der Waals surface area (Å²) in [4.78, 5) is 18.7. The Kier molecular flexibility index (Phi) is 3.94. The Hall–Kier alpha value is -3.52. The maximum Gasteiger partial charge on any atom is 0.256 e. The standard InChI is InChI=1S/C21H14FN3O/c22-16-7-5-14(6-8-16)20(15-9-11-24-12-10-15)25-19(13-23)17-3-1-2-4-18(17)21(25)26/h1-12,19-20H. The van der Waals surface area contributed by atoms with Crippen LogP contribution in [0.1, 0.15) is 39.1 Å². The lowest BCUT2D eigenvalue weighted by molar-refractivity contribution is 0.0704. The smallest absolute Gasteiger partial charge is 0.256 e. The monoisotopic (exact) mass is 343 g/mol. The maximum atomic E-state index is 13.4. The Balaban J connectivity index is 1.89. The highest BCUT2D eigenvalue weighted by Crippen LogP contribution is 2.42. The number of amides is 1. The van der Waals surface area contributed by atoms with Gasteiger partial charge in [0.15, 0.2) is 0 Å². The van der Waals surface area contributed by atoms with Gasteiger partial charge < -0.3 is 4.90 Å². The SMILES string of the molecule is N#CC1c2ccccc2C(=O)N1C(c1ccncc1)c1ccc(F)cc1. The molecular weight excluding hydrogens is 329 g/mol. The summed E-state index contributed by atoms with van der Waals surface area (Å²) in [5.41, 5.74) is 2.77. The highest BCUT2D eigenvalue weighted by Gasteiger charge is 2.41. The van der Waals surface area contributed by atoms with Crippen LogP contribution in [0.15, 0.2) is 73.1 Å². The molecule has 2 atom stereocenters. The summed E-state index contributed by atoms with van der Waals surface area (Å²) < 4.78 is 13.4. The van der Waals surface area contributed by atoms with Crippen LogP contribution in [-0.4, -0.2) is 15.8 Å². The molecule has 0 aliphatic carbocycles. The molecule has 4 nitrogen and oxygen atoms in total. The van der Waals surface area contributed by atoms with E-state index in [2.05, 4.69) is 11.1 Å². The fourth-order valence-corrected chi connectivity index (χ4v) is 3.44. The molecule has 2 aromatic carbocycles. The quantitative estimate of drug-likeness (QED) is 0.721. The van der Waals surface area contributed by atoms with Gasteiger partial charge in [-0.3, -0.25) is 9.78 Å². The van der Waals surface area contributed by atoms with E-state index in [1.165, 1.54) is 12.1 Å². The average molecular weight is 343 g/mol. The summed E-state index contributed by atoms with van der Waals surface area (Å²) >= 11 is 0. The first kappa shape index (κ1) is 16.0. The van der Waals surface area contributed by atoms with E-state index in [1.807, 2.05) is 6.07 Å². The van der Waals surface area contributed by atoms with Crippen molar-refractivity contribution in [2.24, 2.45) is 0 Å². The summed E-state index contributed by atoms with van der Waals surface area (Å²) in [5.74, 6) is -0.562. The summed E-state index contributed by atoms with van der Waals surface area (Å²) in [5, 5.41) is 9.77. The van der Waals surface area contributed by atoms with E-state index in [0.29, 0.717) is 11.1 Å². The van der Waals surface area contributed by atoms with Gasteiger partial charge in [0.1, 0.15) is 11.9 Å². The number of benzene rings is 2.